The highest BCUT2D eigenvalue weighted by molar-refractivity contribution is 5.05. The molecule has 2 rings (SSSR count). The molecule has 0 amide bonds. The van der Waals surface area contributed by atoms with Crippen molar-refractivity contribution in [2.24, 2.45) is 0 Å². The van der Waals surface area contributed by atoms with Crippen LogP contribution in [0.2, 0.25) is 0 Å². The van der Waals surface area contributed by atoms with E-state index in [4.69, 9.17) is 9.26 Å². The van der Waals surface area contributed by atoms with Gasteiger partial charge in [-0.3, -0.25) is 4.90 Å². The minimum Gasteiger partial charge on any atom is -0.377 e. The van der Waals surface area contributed by atoms with E-state index < -0.39 is 0 Å². The molecule has 1 aromatic heterocycles. The summed E-state index contributed by atoms with van der Waals surface area (Å²) < 4.78 is 11.1. The second-order valence-corrected chi connectivity index (χ2v) is 5.78. The molecule has 5 nitrogen and oxygen atoms in total. The number of hydrogen-bond donors (Lipinski definition) is 1. The Morgan fingerprint density at radius 3 is 3.00 bits per heavy atom. The first kappa shape index (κ1) is 15.5. The first-order chi connectivity index (χ1) is 9.67. The van der Waals surface area contributed by atoms with Gasteiger partial charge >= 0.3 is 0 Å². The van der Waals surface area contributed by atoms with Crippen molar-refractivity contribution in [2.45, 2.75) is 58.8 Å². The summed E-state index contributed by atoms with van der Waals surface area (Å²) in [6, 6.07) is 2.51. The summed E-state index contributed by atoms with van der Waals surface area (Å²) in [6.45, 7) is 10.9. The van der Waals surface area contributed by atoms with E-state index in [1.54, 1.807) is 0 Å². The van der Waals surface area contributed by atoms with Gasteiger partial charge in [0.05, 0.1) is 18.3 Å². The highest BCUT2D eigenvalue weighted by Gasteiger charge is 2.19. The lowest BCUT2D eigenvalue weighted by Gasteiger charge is -2.22. The molecule has 20 heavy (non-hydrogen) atoms. The summed E-state index contributed by atoms with van der Waals surface area (Å²) in [5.41, 5.74) is 0.974. The number of hydrogen-bond acceptors (Lipinski definition) is 5. The van der Waals surface area contributed by atoms with Gasteiger partial charge in [-0.1, -0.05) is 25.9 Å². The van der Waals surface area contributed by atoms with Gasteiger partial charge in [0.25, 0.3) is 0 Å². The first-order valence-electron chi connectivity index (χ1n) is 7.69. The monoisotopic (exact) mass is 281 g/mol. The van der Waals surface area contributed by atoms with E-state index in [2.05, 4.69) is 36.1 Å². The highest BCUT2D eigenvalue weighted by Crippen LogP contribution is 2.15. The maximum absolute atomic E-state index is 5.70. The predicted octanol–water partition coefficient (Wildman–Crippen LogP) is 2.17. The topological polar surface area (TPSA) is 50.5 Å². The lowest BCUT2D eigenvalue weighted by atomic mass is 10.2. The average molecular weight is 281 g/mol. The van der Waals surface area contributed by atoms with Crippen LogP contribution in [0.15, 0.2) is 10.6 Å². The Hall–Kier alpha value is -0.910. The lowest BCUT2D eigenvalue weighted by Crippen LogP contribution is -2.31. The van der Waals surface area contributed by atoms with Gasteiger partial charge in [0.2, 0.25) is 0 Å². The SMILES string of the molecule is CCN(Cc1cc(CNC(C)C)no1)CC1CCCO1. The molecule has 1 atom stereocenters. The van der Waals surface area contributed by atoms with E-state index in [9.17, 15) is 0 Å². The minimum atomic E-state index is 0.389. The normalized spacial score (nSPS) is 19.4. The standard InChI is InChI=1S/C15H27N3O2/c1-4-18(10-14-6-5-7-19-14)11-15-8-13(17-20-15)9-16-12(2)3/h8,12,14,16H,4-7,9-11H2,1-3H3. The van der Waals surface area contributed by atoms with Gasteiger partial charge in [0.15, 0.2) is 5.76 Å². The Labute approximate surface area is 121 Å². The third kappa shape index (κ3) is 4.89. The Bertz CT molecular complexity index is 386. The van der Waals surface area contributed by atoms with Gasteiger partial charge < -0.3 is 14.6 Å². The van der Waals surface area contributed by atoms with Crippen LogP contribution in [0.1, 0.15) is 45.1 Å². The van der Waals surface area contributed by atoms with Gasteiger partial charge in [0.1, 0.15) is 0 Å². The molecule has 1 fully saturated rings. The molecule has 2 heterocycles. The van der Waals surface area contributed by atoms with E-state index in [1.807, 2.05) is 6.07 Å². The summed E-state index contributed by atoms with van der Waals surface area (Å²) in [6.07, 6.45) is 2.76. The van der Waals surface area contributed by atoms with E-state index in [1.165, 1.54) is 12.8 Å². The number of nitrogens with zero attached hydrogens (tertiary/aromatic N) is 2. The van der Waals surface area contributed by atoms with Gasteiger partial charge in [0, 0.05) is 31.8 Å². The van der Waals surface area contributed by atoms with Crippen LogP contribution in [-0.4, -0.2) is 41.9 Å². The maximum Gasteiger partial charge on any atom is 0.151 e. The second kappa shape index (κ2) is 7.76. The molecule has 0 bridgehead atoms. The summed E-state index contributed by atoms with van der Waals surface area (Å²) in [5, 5.41) is 7.46. The predicted molar refractivity (Wildman–Crippen MR) is 78.4 cm³/mol. The minimum absolute atomic E-state index is 0.389. The van der Waals surface area contributed by atoms with Gasteiger partial charge in [-0.15, -0.1) is 0 Å². The lowest BCUT2D eigenvalue weighted by molar-refractivity contribution is 0.0695. The average Bonchev–Trinajstić information content (AvgIpc) is 3.07. The van der Waals surface area contributed by atoms with Gasteiger partial charge in [-0.05, 0) is 19.4 Å². The molecule has 1 aromatic rings. The van der Waals surface area contributed by atoms with Gasteiger partial charge in [-0.2, -0.15) is 0 Å². The van der Waals surface area contributed by atoms with Crippen LogP contribution < -0.4 is 5.32 Å². The molecule has 1 aliphatic heterocycles. The zero-order valence-electron chi connectivity index (χ0n) is 12.9. The number of nitrogens with one attached hydrogen (secondary N) is 1. The Morgan fingerprint density at radius 2 is 2.35 bits per heavy atom. The molecule has 0 aliphatic carbocycles. The molecule has 0 spiro atoms. The first-order valence-corrected chi connectivity index (χ1v) is 7.69. The maximum atomic E-state index is 5.70. The molecule has 0 saturated carbocycles. The third-order valence-corrected chi connectivity index (χ3v) is 3.61. The molecule has 0 aromatic carbocycles. The summed E-state index contributed by atoms with van der Waals surface area (Å²) in [5.74, 6) is 0.936. The quantitative estimate of drug-likeness (QED) is 0.791. The van der Waals surface area contributed by atoms with Crippen LogP contribution in [0.3, 0.4) is 0 Å². The zero-order chi connectivity index (χ0) is 14.4. The second-order valence-electron chi connectivity index (χ2n) is 5.78. The van der Waals surface area contributed by atoms with Gasteiger partial charge in [-0.25, -0.2) is 0 Å². The van der Waals surface area contributed by atoms with Crippen molar-refractivity contribution in [2.75, 3.05) is 19.7 Å². The zero-order valence-corrected chi connectivity index (χ0v) is 12.9. The molecule has 114 valence electrons. The fourth-order valence-electron chi connectivity index (χ4n) is 2.42. The Morgan fingerprint density at radius 1 is 1.50 bits per heavy atom. The highest BCUT2D eigenvalue weighted by atomic mass is 16.5. The van der Waals surface area contributed by atoms with Crippen LogP contribution in [0.5, 0.6) is 0 Å². The van der Waals surface area contributed by atoms with Crippen LogP contribution in [0, 0.1) is 0 Å². The van der Waals surface area contributed by atoms with Crippen molar-refractivity contribution < 1.29 is 9.26 Å². The Kier molecular flexibility index (Phi) is 6.01. The van der Waals surface area contributed by atoms with Crippen molar-refractivity contribution in [3.63, 3.8) is 0 Å². The summed E-state index contributed by atoms with van der Waals surface area (Å²) in [4.78, 5) is 2.36. The summed E-state index contributed by atoms with van der Waals surface area (Å²) in [7, 11) is 0. The molecule has 5 heteroatoms. The van der Waals surface area contributed by atoms with Crippen molar-refractivity contribution in [3.8, 4) is 0 Å². The number of rotatable bonds is 8. The molecular formula is C15H27N3O2. The van der Waals surface area contributed by atoms with Crippen molar-refractivity contribution >= 4 is 0 Å². The van der Waals surface area contributed by atoms with E-state index in [0.717, 1.165) is 44.2 Å². The molecule has 1 aliphatic rings. The smallest absolute Gasteiger partial charge is 0.151 e. The van der Waals surface area contributed by atoms with E-state index >= 15 is 0 Å². The van der Waals surface area contributed by atoms with E-state index in [-0.39, 0.29) is 0 Å². The van der Waals surface area contributed by atoms with Crippen LogP contribution >= 0.6 is 0 Å². The molecule has 1 unspecified atom stereocenters. The third-order valence-electron chi connectivity index (χ3n) is 3.61. The van der Waals surface area contributed by atoms with Crippen LogP contribution in [-0.2, 0) is 17.8 Å². The van der Waals surface area contributed by atoms with Crippen molar-refractivity contribution in [1.29, 1.82) is 0 Å². The summed E-state index contributed by atoms with van der Waals surface area (Å²) >= 11 is 0. The molecule has 1 saturated heterocycles. The number of ether oxygens (including phenoxy) is 1. The molecule has 0 radical (unpaired) electrons. The molecular weight excluding hydrogens is 254 g/mol. The fraction of sp³-hybridized carbons (Fsp3) is 0.800. The van der Waals surface area contributed by atoms with E-state index in [0.29, 0.717) is 12.1 Å². The molecule has 1 N–H and O–H groups in total. The number of aromatic nitrogens is 1. The van der Waals surface area contributed by atoms with Crippen LogP contribution in [0.25, 0.3) is 0 Å². The largest absolute Gasteiger partial charge is 0.377 e. The van der Waals surface area contributed by atoms with Crippen molar-refractivity contribution in [1.82, 2.24) is 15.4 Å². The number of likely N-dealkylation sites (N-methyl/N-ethyl adjacent to an activating group) is 1. The van der Waals surface area contributed by atoms with Crippen LogP contribution in [0.4, 0.5) is 0 Å². The fourth-order valence-corrected chi connectivity index (χ4v) is 2.42. The Balaban J connectivity index is 1.80. The van der Waals surface area contributed by atoms with Crippen molar-refractivity contribution in [3.05, 3.63) is 17.5 Å².